The van der Waals surface area contributed by atoms with Gasteiger partial charge in [-0.25, -0.2) is 0 Å². The Morgan fingerprint density at radius 1 is 1.26 bits per heavy atom. The Morgan fingerprint density at radius 3 is 2.68 bits per heavy atom. The molecule has 0 saturated carbocycles. The molecule has 0 heterocycles. The maximum atomic E-state index is 10.6. The van der Waals surface area contributed by atoms with Gasteiger partial charge in [-0.15, -0.1) is 0 Å². The molecule has 0 fully saturated rings. The molecule has 0 N–H and O–H groups in total. The highest BCUT2D eigenvalue weighted by Gasteiger charge is 2.08. The topological polar surface area (TPSA) is 52.4 Å². The molecule has 0 saturated heterocycles. The van der Waals surface area contributed by atoms with Gasteiger partial charge in [0.1, 0.15) is 12.4 Å². The number of nitrogens with zero attached hydrogens (tertiary/aromatic N) is 1. The predicted molar refractivity (Wildman–Crippen MR) is 76.3 cm³/mol. The highest BCUT2D eigenvalue weighted by Crippen LogP contribution is 2.24. The maximum absolute atomic E-state index is 10.6. The van der Waals surface area contributed by atoms with E-state index >= 15 is 0 Å². The molecule has 0 aliphatic heterocycles. The Labute approximate surface area is 119 Å². The lowest BCUT2D eigenvalue weighted by molar-refractivity contribution is -0.384. The molecule has 2 aromatic rings. The molecule has 4 nitrogen and oxygen atoms in total. The highest BCUT2D eigenvalue weighted by atomic mass is 79.9. The molecule has 0 unspecified atom stereocenters. The zero-order valence-electron chi connectivity index (χ0n) is 10.3. The summed E-state index contributed by atoms with van der Waals surface area (Å²) in [6.07, 6.45) is 0. The van der Waals surface area contributed by atoms with Crippen LogP contribution in [0.5, 0.6) is 5.75 Å². The maximum Gasteiger partial charge on any atom is 0.269 e. The summed E-state index contributed by atoms with van der Waals surface area (Å²) in [7, 11) is 0. The summed E-state index contributed by atoms with van der Waals surface area (Å²) in [4.78, 5) is 10.2. The number of ether oxygens (including phenoxy) is 1. The van der Waals surface area contributed by atoms with Crippen molar-refractivity contribution < 1.29 is 9.66 Å². The molecule has 2 rings (SSSR count). The van der Waals surface area contributed by atoms with Gasteiger partial charge in [-0.3, -0.25) is 10.1 Å². The summed E-state index contributed by atoms with van der Waals surface area (Å²) in [5, 5.41) is 10.6. The van der Waals surface area contributed by atoms with E-state index in [-0.39, 0.29) is 5.69 Å². The van der Waals surface area contributed by atoms with Gasteiger partial charge in [0.2, 0.25) is 0 Å². The molecule has 0 atom stereocenters. The summed E-state index contributed by atoms with van der Waals surface area (Å²) >= 11 is 3.40. The monoisotopic (exact) mass is 321 g/mol. The average Bonchev–Trinajstić information content (AvgIpc) is 2.37. The van der Waals surface area contributed by atoms with Gasteiger partial charge in [0.15, 0.2) is 0 Å². The van der Waals surface area contributed by atoms with Crippen LogP contribution in [0.3, 0.4) is 0 Å². The van der Waals surface area contributed by atoms with Crippen molar-refractivity contribution in [1.29, 1.82) is 0 Å². The van der Waals surface area contributed by atoms with Crippen molar-refractivity contribution in [2.24, 2.45) is 0 Å². The minimum absolute atomic E-state index is 0.0762. The van der Waals surface area contributed by atoms with Gasteiger partial charge in [-0.05, 0) is 36.2 Å². The molecular formula is C14H12BrNO3. The largest absolute Gasteiger partial charge is 0.489 e. The van der Waals surface area contributed by atoms with Gasteiger partial charge in [0.05, 0.1) is 4.92 Å². The molecule has 0 spiro atoms. The van der Waals surface area contributed by atoms with Gasteiger partial charge >= 0.3 is 0 Å². The van der Waals surface area contributed by atoms with Crippen LogP contribution in [0.2, 0.25) is 0 Å². The Hall–Kier alpha value is -1.88. The number of aryl methyl sites for hydroxylation is 1. The number of rotatable bonds is 4. The summed E-state index contributed by atoms with van der Waals surface area (Å²) in [6.45, 7) is 2.22. The quantitative estimate of drug-likeness (QED) is 0.625. The number of nitro groups is 1. The summed E-state index contributed by atoms with van der Waals surface area (Å²) in [6, 6.07) is 12.4. The van der Waals surface area contributed by atoms with E-state index in [1.807, 2.05) is 24.3 Å². The smallest absolute Gasteiger partial charge is 0.269 e. The summed E-state index contributed by atoms with van der Waals surface area (Å²) in [5.41, 5.74) is 1.86. The van der Waals surface area contributed by atoms with Crippen LogP contribution in [0.1, 0.15) is 11.1 Å². The molecule has 0 radical (unpaired) electrons. The fourth-order valence-corrected chi connectivity index (χ4v) is 2.14. The number of hydrogen-bond acceptors (Lipinski definition) is 3. The Morgan fingerprint density at radius 2 is 2.05 bits per heavy atom. The molecule has 19 heavy (non-hydrogen) atoms. The van der Waals surface area contributed by atoms with Gasteiger partial charge in [-0.1, -0.05) is 28.1 Å². The minimum atomic E-state index is -0.412. The van der Waals surface area contributed by atoms with E-state index in [0.717, 1.165) is 15.6 Å². The van der Waals surface area contributed by atoms with Crippen molar-refractivity contribution in [2.45, 2.75) is 13.5 Å². The lowest BCUT2D eigenvalue weighted by Crippen LogP contribution is -1.98. The van der Waals surface area contributed by atoms with Gasteiger partial charge in [-0.2, -0.15) is 0 Å². The second kappa shape index (κ2) is 5.84. The van der Waals surface area contributed by atoms with Gasteiger partial charge < -0.3 is 4.74 Å². The van der Waals surface area contributed by atoms with Crippen LogP contribution >= 0.6 is 15.9 Å². The SMILES string of the molecule is Cc1cc([N+](=O)[O-])ccc1OCc1cccc(Br)c1. The molecule has 5 heteroatoms. The zero-order chi connectivity index (χ0) is 13.8. The molecule has 0 bridgehead atoms. The fourth-order valence-electron chi connectivity index (χ4n) is 1.70. The first kappa shape index (κ1) is 13.5. The van der Waals surface area contributed by atoms with Crippen molar-refractivity contribution >= 4 is 21.6 Å². The average molecular weight is 322 g/mol. The molecule has 0 amide bonds. The van der Waals surface area contributed by atoms with E-state index in [0.29, 0.717) is 12.4 Å². The number of nitro benzene ring substituents is 1. The fraction of sp³-hybridized carbons (Fsp3) is 0.143. The first-order valence-electron chi connectivity index (χ1n) is 5.68. The van der Waals surface area contributed by atoms with E-state index in [2.05, 4.69) is 15.9 Å². The first-order valence-corrected chi connectivity index (χ1v) is 6.48. The van der Waals surface area contributed by atoms with E-state index in [4.69, 9.17) is 4.74 Å². The van der Waals surface area contributed by atoms with Crippen molar-refractivity contribution in [3.8, 4) is 5.75 Å². The Bertz CT molecular complexity index is 613. The van der Waals surface area contributed by atoms with Crippen LogP contribution in [0.25, 0.3) is 0 Å². The van der Waals surface area contributed by atoms with Crippen LogP contribution in [0.15, 0.2) is 46.9 Å². The van der Waals surface area contributed by atoms with Gasteiger partial charge in [0, 0.05) is 16.6 Å². The molecule has 0 aromatic heterocycles. The number of non-ortho nitro benzene ring substituents is 1. The highest BCUT2D eigenvalue weighted by molar-refractivity contribution is 9.10. The van der Waals surface area contributed by atoms with Crippen LogP contribution in [0, 0.1) is 17.0 Å². The standard InChI is InChI=1S/C14H12BrNO3/c1-10-7-13(16(17)18)5-6-14(10)19-9-11-3-2-4-12(15)8-11/h2-8H,9H2,1H3. The number of hydrogen-bond donors (Lipinski definition) is 0. The molecule has 0 aliphatic carbocycles. The third kappa shape index (κ3) is 3.54. The van der Waals surface area contributed by atoms with Crippen molar-refractivity contribution in [1.82, 2.24) is 0 Å². The normalized spacial score (nSPS) is 10.2. The third-order valence-corrected chi connectivity index (χ3v) is 3.15. The number of benzene rings is 2. The van der Waals surface area contributed by atoms with E-state index in [1.165, 1.54) is 12.1 Å². The van der Waals surface area contributed by atoms with Crippen molar-refractivity contribution in [3.05, 3.63) is 68.2 Å². The minimum Gasteiger partial charge on any atom is -0.489 e. The molecular weight excluding hydrogens is 310 g/mol. The Kier molecular flexibility index (Phi) is 4.16. The van der Waals surface area contributed by atoms with E-state index < -0.39 is 4.92 Å². The molecule has 98 valence electrons. The summed E-state index contributed by atoms with van der Waals surface area (Å²) in [5.74, 6) is 0.658. The Balaban J connectivity index is 2.10. The molecule has 0 aliphatic rings. The number of halogens is 1. The van der Waals surface area contributed by atoms with E-state index in [9.17, 15) is 10.1 Å². The second-order valence-electron chi connectivity index (χ2n) is 4.13. The molecule has 2 aromatic carbocycles. The van der Waals surface area contributed by atoms with Crippen LogP contribution in [-0.4, -0.2) is 4.92 Å². The van der Waals surface area contributed by atoms with Crippen LogP contribution in [-0.2, 0) is 6.61 Å². The zero-order valence-corrected chi connectivity index (χ0v) is 11.9. The lowest BCUT2D eigenvalue weighted by atomic mass is 10.2. The van der Waals surface area contributed by atoms with Crippen LogP contribution in [0.4, 0.5) is 5.69 Å². The van der Waals surface area contributed by atoms with Crippen LogP contribution < -0.4 is 4.74 Å². The van der Waals surface area contributed by atoms with Crippen molar-refractivity contribution in [3.63, 3.8) is 0 Å². The lowest BCUT2D eigenvalue weighted by Gasteiger charge is -2.09. The van der Waals surface area contributed by atoms with Crippen molar-refractivity contribution in [2.75, 3.05) is 0 Å². The second-order valence-corrected chi connectivity index (χ2v) is 5.04. The van der Waals surface area contributed by atoms with Gasteiger partial charge in [0.25, 0.3) is 5.69 Å². The predicted octanol–water partition coefficient (Wildman–Crippen LogP) is 4.24. The third-order valence-electron chi connectivity index (χ3n) is 2.65. The summed E-state index contributed by atoms with van der Waals surface area (Å²) < 4.78 is 6.66. The first-order chi connectivity index (χ1) is 9.06. The van der Waals surface area contributed by atoms with E-state index in [1.54, 1.807) is 13.0 Å².